The minimum Gasteiger partial charge on any atom is -0.493 e. The van der Waals surface area contributed by atoms with Crippen LogP contribution in [-0.2, 0) is 11.2 Å². The third kappa shape index (κ3) is 3.37. The first-order valence-corrected chi connectivity index (χ1v) is 10.1. The van der Waals surface area contributed by atoms with Crippen LogP contribution in [0, 0.1) is 0 Å². The highest BCUT2D eigenvalue weighted by Crippen LogP contribution is 2.35. The first-order chi connectivity index (χ1) is 13.0. The van der Waals surface area contributed by atoms with E-state index in [-0.39, 0.29) is 18.0 Å². The zero-order chi connectivity index (χ0) is 19.0. The van der Waals surface area contributed by atoms with Gasteiger partial charge in [-0.3, -0.25) is 4.79 Å². The summed E-state index contributed by atoms with van der Waals surface area (Å²) in [7, 11) is 0. The zero-order valence-corrected chi connectivity index (χ0v) is 16.2. The number of piperidine rings is 1. The topological polar surface area (TPSA) is 59.1 Å². The monoisotopic (exact) mass is 372 g/mol. The summed E-state index contributed by atoms with van der Waals surface area (Å²) < 4.78 is 11.3. The maximum absolute atomic E-state index is 12.9. The lowest BCUT2D eigenvalue weighted by atomic mass is 9.90. The molecule has 2 saturated heterocycles. The molecule has 0 bridgehead atoms. The Morgan fingerprint density at radius 1 is 1.30 bits per heavy atom. The van der Waals surface area contributed by atoms with E-state index in [1.54, 1.807) is 0 Å². The van der Waals surface area contributed by atoms with Gasteiger partial charge in [-0.1, -0.05) is 13.3 Å². The van der Waals surface area contributed by atoms with E-state index in [0.717, 1.165) is 36.1 Å². The van der Waals surface area contributed by atoms with Gasteiger partial charge in [0.2, 0.25) is 0 Å². The lowest BCUT2D eigenvalue weighted by molar-refractivity contribution is 0.00306. The van der Waals surface area contributed by atoms with Gasteiger partial charge in [0.15, 0.2) is 0 Å². The zero-order valence-electron chi connectivity index (χ0n) is 16.2. The number of carbonyl (C=O) groups excluding carboxylic acids is 2. The van der Waals surface area contributed by atoms with Gasteiger partial charge in [0.05, 0.1) is 13.2 Å². The fraction of sp³-hybridized carbons (Fsp3) is 0.619. The Labute approximate surface area is 160 Å². The maximum atomic E-state index is 12.9. The highest BCUT2D eigenvalue weighted by Gasteiger charge is 2.48. The van der Waals surface area contributed by atoms with E-state index in [4.69, 9.17) is 9.47 Å². The molecule has 0 radical (unpaired) electrons. The van der Waals surface area contributed by atoms with Crippen LogP contribution in [0.25, 0.3) is 0 Å². The first-order valence-electron chi connectivity index (χ1n) is 10.1. The van der Waals surface area contributed by atoms with Gasteiger partial charge in [0.25, 0.3) is 5.91 Å². The molecule has 0 N–H and O–H groups in total. The van der Waals surface area contributed by atoms with Crippen molar-refractivity contribution in [1.82, 2.24) is 9.80 Å². The average molecular weight is 372 g/mol. The fourth-order valence-electron chi connectivity index (χ4n) is 4.44. The number of carbonyl (C=O) groups is 2. The molecule has 3 aliphatic heterocycles. The Kier molecular flexibility index (Phi) is 4.74. The van der Waals surface area contributed by atoms with Crippen LogP contribution < -0.4 is 4.74 Å². The van der Waals surface area contributed by atoms with Crippen molar-refractivity contribution in [1.29, 1.82) is 0 Å². The number of nitrogens with zero attached hydrogens (tertiary/aromatic N) is 2. The van der Waals surface area contributed by atoms with Crippen LogP contribution in [0.3, 0.4) is 0 Å². The van der Waals surface area contributed by atoms with Gasteiger partial charge in [0, 0.05) is 44.0 Å². The summed E-state index contributed by atoms with van der Waals surface area (Å²) in [6, 6.07) is 5.90. The summed E-state index contributed by atoms with van der Waals surface area (Å²) in [5.41, 5.74) is 1.40. The fourth-order valence-corrected chi connectivity index (χ4v) is 4.44. The van der Waals surface area contributed by atoms with E-state index >= 15 is 0 Å². The lowest BCUT2D eigenvalue weighted by Crippen LogP contribution is -2.49. The van der Waals surface area contributed by atoms with Crippen LogP contribution in [0.1, 0.15) is 55.5 Å². The van der Waals surface area contributed by atoms with Gasteiger partial charge in [-0.15, -0.1) is 0 Å². The van der Waals surface area contributed by atoms with Crippen molar-refractivity contribution < 1.29 is 19.1 Å². The molecule has 6 nitrogen and oxygen atoms in total. The molecule has 1 atom stereocenters. The van der Waals surface area contributed by atoms with Crippen molar-refractivity contribution in [2.45, 2.75) is 57.6 Å². The SMILES string of the molecule is CCC[C@H](C)N1CC2(CCN(C(=O)c3ccc4c(c3)CCO4)CC2)OC1=O. The van der Waals surface area contributed by atoms with Gasteiger partial charge in [0.1, 0.15) is 11.4 Å². The molecule has 3 aliphatic rings. The second kappa shape index (κ2) is 7.06. The molecule has 0 unspecified atom stereocenters. The van der Waals surface area contributed by atoms with Gasteiger partial charge < -0.3 is 19.3 Å². The summed E-state index contributed by atoms with van der Waals surface area (Å²) in [5, 5.41) is 0. The van der Waals surface area contributed by atoms with Crippen molar-refractivity contribution in [3.05, 3.63) is 29.3 Å². The van der Waals surface area contributed by atoms with E-state index in [2.05, 4.69) is 13.8 Å². The molecule has 0 aliphatic carbocycles. The molecule has 0 saturated carbocycles. The third-order valence-electron chi connectivity index (χ3n) is 6.13. The molecule has 4 rings (SSSR count). The molecular weight excluding hydrogens is 344 g/mol. The summed E-state index contributed by atoms with van der Waals surface area (Å²) >= 11 is 0. The number of hydrogen-bond donors (Lipinski definition) is 0. The van der Waals surface area contributed by atoms with Crippen molar-refractivity contribution in [3.63, 3.8) is 0 Å². The predicted molar refractivity (Wildman–Crippen MR) is 101 cm³/mol. The van der Waals surface area contributed by atoms with Crippen LogP contribution >= 0.6 is 0 Å². The Balaban J connectivity index is 1.39. The van der Waals surface area contributed by atoms with Crippen LogP contribution in [-0.4, -0.2) is 59.7 Å². The standard InChI is InChI=1S/C21H28N2O4/c1-3-4-15(2)23-14-21(27-20(23)25)8-10-22(11-9-21)19(24)17-5-6-18-16(13-17)7-12-26-18/h5-6,13,15H,3-4,7-12,14H2,1-2H3/t15-/m0/s1. The number of ether oxygens (including phenoxy) is 2. The molecule has 6 heteroatoms. The molecular formula is C21H28N2O4. The first kappa shape index (κ1) is 18.1. The van der Waals surface area contributed by atoms with Crippen molar-refractivity contribution in [2.75, 3.05) is 26.2 Å². The average Bonchev–Trinajstić information content (AvgIpc) is 3.26. The minimum absolute atomic E-state index is 0.0556. The van der Waals surface area contributed by atoms with E-state index in [0.29, 0.717) is 39.1 Å². The van der Waals surface area contributed by atoms with Crippen molar-refractivity contribution in [2.24, 2.45) is 0 Å². The van der Waals surface area contributed by atoms with Crippen LogP contribution in [0.4, 0.5) is 4.79 Å². The summed E-state index contributed by atoms with van der Waals surface area (Å²) in [6.45, 7) is 6.79. The van der Waals surface area contributed by atoms with Gasteiger partial charge in [-0.2, -0.15) is 0 Å². The number of fused-ring (bicyclic) bond motifs is 1. The van der Waals surface area contributed by atoms with E-state index in [1.165, 1.54) is 0 Å². The highest BCUT2D eigenvalue weighted by molar-refractivity contribution is 5.94. The smallest absolute Gasteiger partial charge is 0.410 e. The van der Waals surface area contributed by atoms with Gasteiger partial charge in [-0.05, 0) is 37.1 Å². The normalized spacial score (nSPS) is 21.8. The molecule has 1 aromatic rings. The minimum atomic E-state index is -0.429. The quantitative estimate of drug-likeness (QED) is 0.814. The molecule has 1 aromatic carbocycles. The van der Waals surface area contributed by atoms with Crippen LogP contribution in [0.5, 0.6) is 5.75 Å². The Morgan fingerprint density at radius 2 is 2.07 bits per heavy atom. The molecule has 3 heterocycles. The van der Waals surface area contributed by atoms with E-state index in [9.17, 15) is 9.59 Å². The summed E-state index contributed by atoms with van der Waals surface area (Å²) in [5.74, 6) is 0.948. The lowest BCUT2D eigenvalue weighted by Gasteiger charge is -2.37. The third-order valence-corrected chi connectivity index (χ3v) is 6.13. The molecule has 2 fully saturated rings. The molecule has 2 amide bonds. The summed E-state index contributed by atoms with van der Waals surface area (Å²) in [6.07, 6.45) is 4.10. The molecule has 146 valence electrons. The number of amides is 2. The second-order valence-corrected chi connectivity index (χ2v) is 8.03. The highest BCUT2D eigenvalue weighted by atomic mass is 16.6. The molecule has 0 aromatic heterocycles. The van der Waals surface area contributed by atoms with Crippen LogP contribution in [0.15, 0.2) is 18.2 Å². The van der Waals surface area contributed by atoms with Crippen molar-refractivity contribution >= 4 is 12.0 Å². The molecule has 1 spiro atoms. The maximum Gasteiger partial charge on any atom is 0.410 e. The molecule has 27 heavy (non-hydrogen) atoms. The number of hydrogen-bond acceptors (Lipinski definition) is 4. The van der Waals surface area contributed by atoms with Gasteiger partial charge in [-0.25, -0.2) is 4.79 Å². The Bertz CT molecular complexity index is 740. The van der Waals surface area contributed by atoms with E-state index < -0.39 is 5.60 Å². The largest absolute Gasteiger partial charge is 0.493 e. The summed E-state index contributed by atoms with van der Waals surface area (Å²) in [4.78, 5) is 29.0. The number of likely N-dealkylation sites (tertiary alicyclic amines) is 1. The predicted octanol–water partition coefficient (Wildman–Crippen LogP) is 3.24. The van der Waals surface area contributed by atoms with Crippen molar-refractivity contribution in [3.8, 4) is 5.75 Å². The number of benzene rings is 1. The second-order valence-electron chi connectivity index (χ2n) is 8.03. The Morgan fingerprint density at radius 3 is 2.81 bits per heavy atom. The van der Waals surface area contributed by atoms with E-state index in [1.807, 2.05) is 28.0 Å². The van der Waals surface area contributed by atoms with Gasteiger partial charge >= 0.3 is 6.09 Å². The number of rotatable bonds is 4. The van der Waals surface area contributed by atoms with Crippen LogP contribution in [0.2, 0.25) is 0 Å². The Hall–Kier alpha value is -2.24.